The molecule has 6 heteroatoms. The quantitative estimate of drug-likeness (QED) is 0.498. The van der Waals surface area contributed by atoms with Gasteiger partial charge in [0.2, 0.25) is 0 Å². The fraction of sp³-hybridized carbons (Fsp3) is 0.130. The van der Waals surface area contributed by atoms with Crippen molar-refractivity contribution in [3.05, 3.63) is 93.9 Å². The number of amides is 3. The SMILES string of the molecule is Cc1ccc(CN2C(=O)N/C(=C/c3cccn3-c3ccc(C)c(Cl)c3)C2=O)cc1. The fourth-order valence-electron chi connectivity index (χ4n) is 3.22. The van der Waals surface area contributed by atoms with Gasteiger partial charge in [-0.05, 0) is 55.3 Å². The van der Waals surface area contributed by atoms with Gasteiger partial charge in [-0.1, -0.05) is 47.5 Å². The lowest BCUT2D eigenvalue weighted by Gasteiger charge is -2.12. The van der Waals surface area contributed by atoms with Crippen molar-refractivity contribution >= 4 is 29.6 Å². The molecule has 1 saturated heterocycles. The van der Waals surface area contributed by atoms with Crippen LogP contribution in [0, 0.1) is 13.8 Å². The van der Waals surface area contributed by atoms with Crippen molar-refractivity contribution in [3.63, 3.8) is 0 Å². The van der Waals surface area contributed by atoms with Crippen LogP contribution in [0.1, 0.15) is 22.4 Å². The maximum atomic E-state index is 12.8. The Labute approximate surface area is 174 Å². The third kappa shape index (κ3) is 3.82. The minimum atomic E-state index is -0.418. The minimum Gasteiger partial charge on any atom is -0.317 e. The zero-order chi connectivity index (χ0) is 20.5. The lowest BCUT2D eigenvalue weighted by atomic mass is 10.1. The zero-order valence-electron chi connectivity index (χ0n) is 16.1. The van der Waals surface area contributed by atoms with Gasteiger partial charge in [-0.3, -0.25) is 9.69 Å². The molecule has 1 fully saturated rings. The number of aryl methyl sites for hydroxylation is 2. The van der Waals surface area contributed by atoms with Crippen LogP contribution in [0.2, 0.25) is 5.02 Å². The van der Waals surface area contributed by atoms with Crippen LogP contribution < -0.4 is 5.32 Å². The molecule has 29 heavy (non-hydrogen) atoms. The van der Waals surface area contributed by atoms with Crippen molar-refractivity contribution in [3.8, 4) is 5.69 Å². The first-order valence-corrected chi connectivity index (χ1v) is 9.64. The summed E-state index contributed by atoms with van der Waals surface area (Å²) in [6.07, 6.45) is 3.57. The van der Waals surface area contributed by atoms with Crippen molar-refractivity contribution in [2.24, 2.45) is 0 Å². The zero-order valence-corrected chi connectivity index (χ0v) is 16.9. The number of benzene rings is 2. The molecule has 146 valence electrons. The molecule has 0 saturated carbocycles. The summed E-state index contributed by atoms with van der Waals surface area (Å²) < 4.78 is 1.92. The monoisotopic (exact) mass is 405 g/mol. The molecule has 3 amide bonds. The Morgan fingerprint density at radius 2 is 1.79 bits per heavy atom. The van der Waals surface area contributed by atoms with Gasteiger partial charge < -0.3 is 9.88 Å². The van der Waals surface area contributed by atoms with Crippen molar-refractivity contribution in [1.29, 1.82) is 0 Å². The van der Waals surface area contributed by atoms with E-state index in [0.717, 1.165) is 28.1 Å². The molecule has 0 radical (unpaired) electrons. The number of nitrogens with zero attached hydrogens (tertiary/aromatic N) is 2. The smallest absolute Gasteiger partial charge is 0.317 e. The fourth-order valence-corrected chi connectivity index (χ4v) is 3.39. The van der Waals surface area contributed by atoms with Gasteiger partial charge >= 0.3 is 6.03 Å². The number of halogens is 1. The number of hydrogen-bond donors (Lipinski definition) is 1. The van der Waals surface area contributed by atoms with Crippen molar-refractivity contribution in [1.82, 2.24) is 14.8 Å². The Morgan fingerprint density at radius 1 is 1.03 bits per heavy atom. The van der Waals surface area contributed by atoms with Crippen LogP contribution in [0.25, 0.3) is 11.8 Å². The molecule has 1 aliphatic heterocycles. The normalized spacial score (nSPS) is 15.3. The summed E-state index contributed by atoms with van der Waals surface area (Å²) in [6, 6.07) is 16.9. The largest absolute Gasteiger partial charge is 0.329 e. The molecule has 0 bridgehead atoms. The Balaban J connectivity index is 1.60. The van der Waals surface area contributed by atoms with Crippen molar-refractivity contribution in [2.75, 3.05) is 0 Å². The summed E-state index contributed by atoms with van der Waals surface area (Å²) in [6.45, 7) is 4.17. The number of rotatable bonds is 4. The van der Waals surface area contributed by atoms with Crippen LogP contribution in [0.4, 0.5) is 4.79 Å². The Kier molecular flexibility index (Phi) is 4.99. The third-order valence-electron chi connectivity index (χ3n) is 4.93. The van der Waals surface area contributed by atoms with Gasteiger partial charge in [0.25, 0.3) is 5.91 Å². The van der Waals surface area contributed by atoms with Crippen LogP contribution in [0.5, 0.6) is 0 Å². The lowest BCUT2D eigenvalue weighted by Crippen LogP contribution is -2.30. The molecular formula is C23H20ClN3O2. The second-order valence-corrected chi connectivity index (χ2v) is 7.51. The molecule has 0 atom stereocenters. The molecule has 5 nitrogen and oxygen atoms in total. The predicted octanol–water partition coefficient (Wildman–Crippen LogP) is 4.84. The topological polar surface area (TPSA) is 54.3 Å². The van der Waals surface area contributed by atoms with Gasteiger partial charge in [-0.25, -0.2) is 4.79 Å². The van der Waals surface area contributed by atoms with E-state index in [2.05, 4.69) is 5.32 Å². The maximum Gasteiger partial charge on any atom is 0.329 e. The number of imide groups is 1. The highest BCUT2D eigenvalue weighted by Gasteiger charge is 2.33. The molecule has 0 spiro atoms. The number of carbonyl (C=O) groups is 2. The van der Waals surface area contributed by atoms with E-state index in [1.165, 1.54) is 4.90 Å². The van der Waals surface area contributed by atoms with Gasteiger partial charge in [-0.15, -0.1) is 0 Å². The Morgan fingerprint density at radius 3 is 2.52 bits per heavy atom. The summed E-state index contributed by atoms with van der Waals surface area (Å²) in [5, 5.41) is 3.35. The summed E-state index contributed by atoms with van der Waals surface area (Å²) in [5.74, 6) is -0.342. The first-order valence-electron chi connectivity index (χ1n) is 9.26. The van der Waals surface area contributed by atoms with E-state index in [1.54, 1.807) is 6.08 Å². The van der Waals surface area contributed by atoms with Crippen LogP contribution >= 0.6 is 11.6 Å². The highest BCUT2D eigenvalue weighted by molar-refractivity contribution is 6.31. The number of aromatic nitrogens is 1. The van der Waals surface area contributed by atoms with Crippen LogP contribution in [-0.4, -0.2) is 21.4 Å². The number of urea groups is 1. The third-order valence-corrected chi connectivity index (χ3v) is 5.34. The van der Waals surface area contributed by atoms with Gasteiger partial charge in [0.05, 0.1) is 6.54 Å². The van der Waals surface area contributed by atoms with E-state index in [9.17, 15) is 9.59 Å². The molecule has 2 aromatic carbocycles. The highest BCUT2D eigenvalue weighted by atomic mass is 35.5. The average molecular weight is 406 g/mol. The molecular weight excluding hydrogens is 386 g/mol. The van der Waals surface area contributed by atoms with E-state index in [1.807, 2.05) is 79.2 Å². The van der Waals surface area contributed by atoms with Gasteiger partial charge in [0.1, 0.15) is 5.70 Å². The first kappa shape index (κ1) is 19.0. The molecule has 0 aliphatic carbocycles. The van der Waals surface area contributed by atoms with E-state index in [4.69, 9.17) is 11.6 Å². The Bertz CT molecular complexity index is 1130. The van der Waals surface area contributed by atoms with Crippen LogP contribution in [0.3, 0.4) is 0 Å². The summed E-state index contributed by atoms with van der Waals surface area (Å²) in [4.78, 5) is 26.4. The summed E-state index contributed by atoms with van der Waals surface area (Å²) in [5.41, 5.74) is 4.92. The van der Waals surface area contributed by atoms with E-state index >= 15 is 0 Å². The average Bonchev–Trinajstić information content (AvgIpc) is 3.26. The number of carbonyl (C=O) groups excluding carboxylic acids is 2. The number of nitrogens with one attached hydrogen (secondary N) is 1. The van der Waals surface area contributed by atoms with Crippen molar-refractivity contribution in [2.45, 2.75) is 20.4 Å². The second-order valence-electron chi connectivity index (χ2n) is 7.10. The molecule has 1 aromatic heterocycles. The van der Waals surface area contributed by atoms with E-state index < -0.39 is 6.03 Å². The maximum absolute atomic E-state index is 12.8. The first-order chi connectivity index (χ1) is 13.9. The molecule has 1 aliphatic rings. The molecule has 4 rings (SSSR count). The van der Waals surface area contributed by atoms with Crippen LogP contribution in [-0.2, 0) is 11.3 Å². The lowest BCUT2D eigenvalue weighted by molar-refractivity contribution is -0.123. The standard InChI is InChI=1S/C23H20ClN3O2/c1-15-5-8-17(9-6-15)14-27-22(28)21(25-23(27)29)13-18-4-3-11-26(18)19-10-7-16(2)20(24)12-19/h3-13H,14H2,1-2H3,(H,25,29)/b21-13+. The molecule has 2 heterocycles. The Hall–Kier alpha value is -3.31. The number of hydrogen-bond acceptors (Lipinski definition) is 2. The summed E-state index contributed by atoms with van der Waals surface area (Å²) >= 11 is 6.25. The second kappa shape index (κ2) is 7.60. The van der Waals surface area contributed by atoms with E-state index in [-0.39, 0.29) is 18.1 Å². The predicted molar refractivity (Wildman–Crippen MR) is 114 cm³/mol. The van der Waals surface area contributed by atoms with Crippen molar-refractivity contribution < 1.29 is 9.59 Å². The molecule has 0 unspecified atom stereocenters. The van der Waals surface area contributed by atoms with Crippen LogP contribution in [0.15, 0.2) is 66.5 Å². The van der Waals surface area contributed by atoms with Gasteiger partial charge in [0, 0.05) is 22.6 Å². The molecule has 3 aromatic rings. The highest BCUT2D eigenvalue weighted by Crippen LogP contribution is 2.23. The van der Waals surface area contributed by atoms with E-state index in [0.29, 0.717) is 5.02 Å². The van der Waals surface area contributed by atoms with Gasteiger partial charge in [-0.2, -0.15) is 0 Å². The summed E-state index contributed by atoms with van der Waals surface area (Å²) in [7, 11) is 0. The minimum absolute atomic E-state index is 0.233. The molecule has 1 N–H and O–H groups in total. The van der Waals surface area contributed by atoms with Gasteiger partial charge in [0.15, 0.2) is 0 Å².